The fourth-order valence-electron chi connectivity index (χ4n) is 5.16. The molecule has 0 atom stereocenters. The summed E-state index contributed by atoms with van der Waals surface area (Å²) in [6, 6.07) is 27.8. The van der Waals surface area contributed by atoms with E-state index in [9.17, 15) is 20.2 Å². The van der Waals surface area contributed by atoms with E-state index in [1.165, 1.54) is 11.0 Å². The first-order valence-corrected chi connectivity index (χ1v) is 13.4. The van der Waals surface area contributed by atoms with Gasteiger partial charge in [-0.3, -0.25) is 14.9 Å². The Morgan fingerprint density at radius 2 is 1.76 bits per heavy atom. The standard InChI is InChI=1S/C33H29N5O3/c1-4-9-31-35-32-22(2)18-26(33(39)36(3)28-12-7-8-13-29(28)38(40)41)19-30(32)37(31)21-23-14-16-24(17-15-23)27-11-6-5-10-25(27)20-34/h5-8,10-19H,4,9,21H2,1-3H3. The smallest absolute Gasteiger partial charge is 0.292 e. The number of aryl methyl sites for hydroxylation is 2. The molecule has 0 saturated heterocycles. The summed E-state index contributed by atoms with van der Waals surface area (Å²) in [7, 11) is 1.55. The minimum atomic E-state index is -0.482. The number of amides is 1. The fraction of sp³-hybridized carbons (Fsp3) is 0.182. The van der Waals surface area contributed by atoms with Crippen LogP contribution in [0.4, 0.5) is 11.4 Å². The average Bonchev–Trinajstić information content (AvgIpc) is 3.34. The molecule has 0 aliphatic carbocycles. The monoisotopic (exact) mass is 543 g/mol. The average molecular weight is 544 g/mol. The van der Waals surface area contributed by atoms with Crippen LogP contribution < -0.4 is 4.90 Å². The number of nitro benzene ring substituents is 1. The summed E-state index contributed by atoms with van der Waals surface area (Å²) in [6.45, 7) is 4.59. The third-order valence-electron chi connectivity index (χ3n) is 7.24. The molecule has 0 bridgehead atoms. The molecule has 0 unspecified atom stereocenters. The van der Waals surface area contributed by atoms with E-state index in [0.717, 1.165) is 52.0 Å². The summed E-state index contributed by atoms with van der Waals surface area (Å²) >= 11 is 0. The molecule has 0 N–H and O–H groups in total. The first kappa shape index (κ1) is 27.3. The van der Waals surface area contributed by atoms with Crippen molar-refractivity contribution in [3.63, 3.8) is 0 Å². The number of nitrogens with zero attached hydrogens (tertiary/aromatic N) is 5. The number of aromatic nitrogens is 2. The van der Waals surface area contributed by atoms with Crippen LogP contribution in [0.25, 0.3) is 22.2 Å². The normalized spacial score (nSPS) is 10.9. The lowest BCUT2D eigenvalue weighted by atomic mass is 9.99. The quantitative estimate of drug-likeness (QED) is 0.154. The van der Waals surface area contributed by atoms with Gasteiger partial charge in [0.25, 0.3) is 11.6 Å². The molecule has 1 aromatic heterocycles. The van der Waals surface area contributed by atoms with E-state index in [1.807, 2.05) is 49.4 Å². The SMILES string of the molecule is CCCc1nc2c(C)cc(C(=O)N(C)c3ccccc3[N+](=O)[O-])cc2n1Cc1ccc(-c2ccccc2C#N)cc1. The Morgan fingerprint density at radius 1 is 1.05 bits per heavy atom. The zero-order valence-electron chi connectivity index (χ0n) is 23.2. The molecule has 1 amide bonds. The summed E-state index contributed by atoms with van der Waals surface area (Å²) in [4.78, 5) is 30.9. The maximum absolute atomic E-state index is 13.6. The Morgan fingerprint density at radius 3 is 2.46 bits per heavy atom. The first-order valence-electron chi connectivity index (χ1n) is 13.4. The number of nitro groups is 1. The molecular formula is C33H29N5O3. The van der Waals surface area contributed by atoms with Gasteiger partial charge in [-0.15, -0.1) is 0 Å². The Bertz CT molecular complexity index is 1820. The highest BCUT2D eigenvalue weighted by atomic mass is 16.6. The van der Waals surface area contributed by atoms with Gasteiger partial charge < -0.3 is 9.47 Å². The van der Waals surface area contributed by atoms with Gasteiger partial charge in [0.15, 0.2) is 0 Å². The topological polar surface area (TPSA) is 105 Å². The van der Waals surface area contributed by atoms with Crippen molar-refractivity contribution >= 4 is 28.3 Å². The van der Waals surface area contributed by atoms with Crippen molar-refractivity contribution in [1.82, 2.24) is 9.55 Å². The molecule has 5 aromatic rings. The first-order chi connectivity index (χ1) is 19.8. The van der Waals surface area contributed by atoms with Gasteiger partial charge in [-0.2, -0.15) is 5.26 Å². The molecule has 5 rings (SSSR count). The van der Waals surface area contributed by atoms with Crippen LogP contribution in [-0.2, 0) is 13.0 Å². The van der Waals surface area contributed by atoms with E-state index >= 15 is 0 Å². The van der Waals surface area contributed by atoms with E-state index in [1.54, 1.807) is 31.3 Å². The number of carbonyl (C=O) groups excluding carboxylic acids is 1. The van der Waals surface area contributed by atoms with Crippen LogP contribution in [0.3, 0.4) is 0 Å². The Labute approximate surface area is 238 Å². The highest BCUT2D eigenvalue weighted by Gasteiger charge is 2.23. The van der Waals surface area contributed by atoms with Crippen LogP contribution in [0.15, 0.2) is 84.9 Å². The molecule has 1 heterocycles. The maximum atomic E-state index is 13.6. The van der Waals surface area contributed by atoms with E-state index in [2.05, 4.69) is 29.7 Å². The number of nitriles is 1. The largest absolute Gasteiger partial charge is 0.323 e. The number of anilines is 1. The Hall–Kier alpha value is -5.29. The maximum Gasteiger partial charge on any atom is 0.292 e. The van der Waals surface area contributed by atoms with Crippen molar-refractivity contribution in [3.8, 4) is 17.2 Å². The Kier molecular flexibility index (Phi) is 7.61. The second-order valence-corrected chi connectivity index (χ2v) is 9.99. The lowest BCUT2D eigenvalue weighted by molar-refractivity contribution is -0.384. The van der Waals surface area contributed by atoms with Crippen molar-refractivity contribution in [2.45, 2.75) is 33.2 Å². The molecular weight excluding hydrogens is 514 g/mol. The van der Waals surface area contributed by atoms with Crippen LogP contribution >= 0.6 is 0 Å². The molecule has 0 radical (unpaired) electrons. The predicted molar refractivity (Wildman–Crippen MR) is 160 cm³/mol. The molecule has 0 saturated carbocycles. The van der Waals surface area contributed by atoms with Gasteiger partial charge in [0.1, 0.15) is 11.5 Å². The molecule has 0 aliphatic heterocycles. The highest BCUT2D eigenvalue weighted by molar-refractivity contribution is 6.08. The molecule has 8 nitrogen and oxygen atoms in total. The van der Waals surface area contributed by atoms with E-state index in [4.69, 9.17) is 4.98 Å². The number of rotatable bonds is 8. The van der Waals surface area contributed by atoms with E-state index < -0.39 is 4.92 Å². The summed E-state index contributed by atoms with van der Waals surface area (Å²) in [5.41, 5.74) is 6.63. The molecule has 0 fully saturated rings. The van der Waals surface area contributed by atoms with Crippen molar-refractivity contribution in [2.24, 2.45) is 0 Å². The third-order valence-corrected chi connectivity index (χ3v) is 7.24. The molecule has 4 aromatic carbocycles. The second-order valence-electron chi connectivity index (χ2n) is 9.99. The number of para-hydroxylation sites is 2. The van der Waals surface area contributed by atoms with E-state index in [-0.39, 0.29) is 17.3 Å². The number of hydrogen-bond acceptors (Lipinski definition) is 5. The summed E-state index contributed by atoms with van der Waals surface area (Å²) in [6.07, 6.45) is 1.69. The molecule has 0 aliphatic rings. The van der Waals surface area contributed by atoms with Gasteiger partial charge in [0, 0.05) is 31.6 Å². The number of carbonyl (C=O) groups is 1. The zero-order valence-corrected chi connectivity index (χ0v) is 23.2. The van der Waals surface area contributed by atoms with E-state index in [0.29, 0.717) is 17.7 Å². The Balaban J connectivity index is 1.53. The number of fused-ring (bicyclic) bond motifs is 1. The van der Waals surface area contributed by atoms with Crippen LogP contribution in [-0.4, -0.2) is 27.4 Å². The third kappa shape index (κ3) is 5.30. The van der Waals surface area contributed by atoms with Crippen molar-refractivity contribution in [2.75, 3.05) is 11.9 Å². The lowest BCUT2D eigenvalue weighted by Gasteiger charge is -2.18. The highest BCUT2D eigenvalue weighted by Crippen LogP contribution is 2.30. The van der Waals surface area contributed by atoms with Crippen LogP contribution in [0.2, 0.25) is 0 Å². The van der Waals surface area contributed by atoms with Crippen LogP contribution in [0, 0.1) is 28.4 Å². The number of imidazole rings is 1. The minimum Gasteiger partial charge on any atom is -0.323 e. The van der Waals surface area contributed by atoms with Crippen LogP contribution in [0.1, 0.15) is 46.2 Å². The van der Waals surface area contributed by atoms with Gasteiger partial charge in [-0.1, -0.05) is 61.5 Å². The number of hydrogen-bond donors (Lipinski definition) is 0. The molecule has 0 spiro atoms. The summed E-state index contributed by atoms with van der Waals surface area (Å²) < 4.78 is 2.14. The molecule has 204 valence electrons. The van der Waals surface area contributed by atoms with Crippen molar-refractivity contribution in [1.29, 1.82) is 5.26 Å². The van der Waals surface area contributed by atoms with Crippen LogP contribution in [0.5, 0.6) is 0 Å². The van der Waals surface area contributed by atoms with Gasteiger partial charge in [0.2, 0.25) is 0 Å². The van der Waals surface area contributed by atoms with Gasteiger partial charge in [-0.05, 0) is 59.9 Å². The summed E-state index contributed by atoms with van der Waals surface area (Å²) in [5.74, 6) is 0.593. The van der Waals surface area contributed by atoms with Gasteiger partial charge in [0.05, 0.1) is 27.6 Å². The van der Waals surface area contributed by atoms with Crippen molar-refractivity contribution in [3.05, 3.63) is 123 Å². The molecule has 8 heteroatoms. The summed E-state index contributed by atoms with van der Waals surface area (Å²) in [5, 5.41) is 21.1. The predicted octanol–water partition coefficient (Wildman–Crippen LogP) is 7.07. The fourth-order valence-corrected chi connectivity index (χ4v) is 5.16. The van der Waals surface area contributed by atoms with Crippen molar-refractivity contribution < 1.29 is 9.72 Å². The van der Waals surface area contributed by atoms with Gasteiger partial charge >= 0.3 is 0 Å². The van der Waals surface area contributed by atoms with Gasteiger partial charge in [-0.25, -0.2) is 4.98 Å². The molecule has 41 heavy (non-hydrogen) atoms. The second kappa shape index (κ2) is 11.4. The zero-order chi connectivity index (χ0) is 29.1. The number of benzene rings is 4. The minimum absolute atomic E-state index is 0.128. The lowest BCUT2D eigenvalue weighted by Crippen LogP contribution is -2.27.